The van der Waals surface area contributed by atoms with Crippen molar-refractivity contribution in [3.05, 3.63) is 34.9 Å². The second-order valence-corrected chi connectivity index (χ2v) is 6.31. The maximum atomic E-state index is 10.0. The van der Waals surface area contributed by atoms with Crippen LogP contribution in [0.2, 0.25) is 0 Å². The van der Waals surface area contributed by atoms with Gasteiger partial charge in [-0.25, -0.2) is 0 Å². The van der Waals surface area contributed by atoms with E-state index in [0.29, 0.717) is 12.0 Å². The predicted octanol–water partition coefficient (Wildman–Crippen LogP) is 3.12. The van der Waals surface area contributed by atoms with Gasteiger partial charge in [0.15, 0.2) is 0 Å². The van der Waals surface area contributed by atoms with Crippen molar-refractivity contribution < 1.29 is 5.11 Å². The van der Waals surface area contributed by atoms with E-state index >= 15 is 0 Å². The summed E-state index contributed by atoms with van der Waals surface area (Å²) in [4.78, 5) is 0. The summed E-state index contributed by atoms with van der Waals surface area (Å²) in [6.07, 6.45) is 6.98. The molecule has 2 aliphatic rings. The molecule has 1 aromatic carbocycles. The lowest BCUT2D eigenvalue weighted by Gasteiger charge is -2.29. The van der Waals surface area contributed by atoms with Crippen LogP contribution in [0.3, 0.4) is 0 Å². The maximum absolute atomic E-state index is 10.0. The standard InChI is InChI=1S/C17H25NO/c1-12-6-7-13-8-9-16(15(13)10-12)18-11-14-4-2-3-5-17(14)19/h6-7,10,14,16-19H,2-5,8-9,11H2,1H3. The fourth-order valence-corrected chi connectivity index (χ4v) is 3.65. The van der Waals surface area contributed by atoms with Crippen LogP contribution >= 0.6 is 0 Å². The maximum Gasteiger partial charge on any atom is 0.0580 e. The Kier molecular flexibility index (Phi) is 3.90. The number of aliphatic hydroxyl groups is 1. The summed E-state index contributed by atoms with van der Waals surface area (Å²) < 4.78 is 0. The SMILES string of the molecule is Cc1ccc2c(c1)C(NCC1CCCCC1O)CC2. The van der Waals surface area contributed by atoms with Gasteiger partial charge in [0.2, 0.25) is 0 Å². The second kappa shape index (κ2) is 5.64. The van der Waals surface area contributed by atoms with Gasteiger partial charge in [-0.05, 0) is 49.7 Å². The van der Waals surface area contributed by atoms with E-state index in [1.165, 1.54) is 48.8 Å². The van der Waals surface area contributed by atoms with Gasteiger partial charge in [0, 0.05) is 12.6 Å². The van der Waals surface area contributed by atoms with Crippen LogP contribution in [0, 0.1) is 12.8 Å². The van der Waals surface area contributed by atoms with Crippen LogP contribution < -0.4 is 5.32 Å². The normalized spacial score (nSPS) is 30.3. The molecule has 3 rings (SSSR count). The summed E-state index contributed by atoms with van der Waals surface area (Å²) in [6.45, 7) is 3.14. The van der Waals surface area contributed by atoms with Crippen LogP contribution in [0.25, 0.3) is 0 Å². The molecule has 0 amide bonds. The lowest BCUT2D eigenvalue weighted by atomic mass is 9.86. The first-order valence-electron chi connectivity index (χ1n) is 7.75. The van der Waals surface area contributed by atoms with Crippen molar-refractivity contribution in [1.29, 1.82) is 0 Å². The average molecular weight is 259 g/mol. The fraction of sp³-hybridized carbons (Fsp3) is 0.647. The lowest BCUT2D eigenvalue weighted by Crippen LogP contribution is -2.35. The molecular weight excluding hydrogens is 234 g/mol. The van der Waals surface area contributed by atoms with Gasteiger partial charge < -0.3 is 10.4 Å². The molecule has 2 N–H and O–H groups in total. The van der Waals surface area contributed by atoms with E-state index in [1.807, 2.05) is 0 Å². The topological polar surface area (TPSA) is 32.3 Å². The molecule has 104 valence electrons. The largest absolute Gasteiger partial charge is 0.393 e. The third-order valence-electron chi connectivity index (χ3n) is 4.87. The summed E-state index contributed by atoms with van der Waals surface area (Å²) in [5.74, 6) is 0.461. The molecule has 2 nitrogen and oxygen atoms in total. The van der Waals surface area contributed by atoms with Gasteiger partial charge in [0.1, 0.15) is 0 Å². The van der Waals surface area contributed by atoms with Gasteiger partial charge in [-0.2, -0.15) is 0 Å². The number of hydrogen-bond acceptors (Lipinski definition) is 2. The van der Waals surface area contributed by atoms with Crippen molar-refractivity contribution in [3.8, 4) is 0 Å². The molecule has 1 saturated carbocycles. The smallest absolute Gasteiger partial charge is 0.0580 e. The van der Waals surface area contributed by atoms with Crippen LogP contribution in [0.5, 0.6) is 0 Å². The van der Waals surface area contributed by atoms with Crippen molar-refractivity contribution in [2.75, 3.05) is 6.54 Å². The molecule has 2 aliphatic carbocycles. The number of fused-ring (bicyclic) bond motifs is 1. The number of rotatable bonds is 3. The van der Waals surface area contributed by atoms with Gasteiger partial charge in [-0.3, -0.25) is 0 Å². The Balaban J connectivity index is 1.61. The fourth-order valence-electron chi connectivity index (χ4n) is 3.65. The minimum absolute atomic E-state index is 0.0837. The van der Waals surface area contributed by atoms with Crippen molar-refractivity contribution >= 4 is 0 Å². The Hall–Kier alpha value is -0.860. The van der Waals surface area contributed by atoms with Crippen molar-refractivity contribution in [1.82, 2.24) is 5.32 Å². The highest BCUT2D eigenvalue weighted by Crippen LogP contribution is 2.32. The molecule has 0 aliphatic heterocycles. The summed E-state index contributed by atoms with van der Waals surface area (Å²) in [5, 5.41) is 13.7. The molecule has 0 bridgehead atoms. The Bertz CT molecular complexity index is 443. The number of nitrogens with one attached hydrogen (secondary N) is 1. The summed E-state index contributed by atoms with van der Waals surface area (Å²) in [5.41, 5.74) is 4.35. The average Bonchev–Trinajstić information content (AvgIpc) is 2.80. The van der Waals surface area contributed by atoms with E-state index in [4.69, 9.17) is 0 Å². The first-order chi connectivity index (χ1) is 9.24. The third-order valence-corrected chi connectivity index (χ3v) is 4.87. The summed E-state index contributed by atoms with van der Waals surface area (Å²) in [6, 6.07) is 7.33. The first-order valence-corrected chi connectivity index (χ1v) is 7.75. The Morgan fingerprint density at radius 3 is 2.89 bits per heavy atom. The number of benzene rings is 1. The second-order valence-electron chi connectivity index (χ2n) is 6.31. The van der Waals surface area contributed by atoms with E-state index < -0.39 is 0 Å². The van der Waals surface area contributed by atoms with Crippen molar-refractivity contribution in [2.24, 2.45) is 5.92 Å². The molecular formula is C17H25NO. The quantitative estimate of drug-likeness (QED) is 0.874. The summed E-state index contributed by atoms with van der Waals surface area (Å²) in [7, 11) is 0. The van der Waals surface area contributed by atoms with Crippen molar-refractivity contribution in [3.63, 3.8) is 0 Å². The van der Waals surface area contributed by atoms with Gasteiger partial charge in [-0.1, -0.05) is 36.6 Å². The lowest BCUT2D eigenvalue weighted by molar-refractivity contribution is 0.0681. The molecule has 0 aromatic heterocycles. The van der Waals surface area contributed by atoms with Crippen LogP contribution in [0.1, 0.15) is 54.8 Å². The van der Waals surface area contributed by atoms with E-state index in [2.05, 4.69) is 30.4 Å². The van der Waals surface area contributed by atoms with Crippen LogP contribution in [0.15, 0.2) is 18.2 Å². The summed E-state index contributed by atoms with van der Waals surface area (Å²) >= 11 is 0. The van der Waals surface area contributed by atoms with Crippen LogP contribution in [-0.4, -0.2) is 17.8 Å². The molecule has 19 heavy (non-hydrogen) atoms. The molecule has 0 saturated heterocycles. The number of hydrogen-bond donors (Lipinski definition) is 2. The Morgan fingerprint density at radius 2 is 2.05 bits per heavy atom. The number of aryl methyl sites for hydroxylation is 2. The molecule has 0 radical (unpaired) electrons. The molecule has 0 heterocycles. The van der Waals surface area contributed by atoms with Crippen LogP contribution in [-0.2, 0) is 6.42 Å². The van der Waals surface area contributed by atoms with E-state index in [0.717, 1.165) is 13.0 Å². The molecule has 0 spiro atoms. The monoisotopic (exact) mass is 259 g/mol. The predicted molar refractivity (Wildman–Crippen MR) is 78.2 cm³/mol. The third kappa shape index (κ3) is 2.85. The molecule has 3 unspecified atom stereocenters. The molecule has 3 atom stereocenters. The minimum Gasteiger partial charge on any atom is -0.393 e. The molecule has 1 aromatic rings. The van der Waals surface area contributed by atoms with Gasteiger partial charge >= 0.3 is 0 Å². The minimum atomic E-state index is -0.0837. The van der Waals surface area contributed by atoms with E-state index in [-0.39, 0.29) is 6.10 Å². The van der Waals surface area contributed by atoms with Gasteiger partial charge in [0.25, 0.3) is 0 Å². The molecule has 2 heteroatoms. The van der Waals surface area contributed by atoms with E-state index in [9.17, 15) is 5.11 Å². The highest BCUT2D eigenvalue weighted by atomic mass is 16.3. The van der Waals surface area contributed by atoms with Gasteiger partial charge in [0.05, 0.1) is 6.10 Å². The zero-order valence-corrected chi connectivity index (χ0v) is 11.9. The molecule has 1 fully saturated rings. The number of aliphatic hydroxyl groups excluding tert-OH is 1. The zero-order valence-electron chi connectivity index (χ0n) is 11.9. The van der Waals surface area contributed by atoms with Crippen molar-refractivity contribution in [2.45, 2.75) is 57.6 Å². The zero-order chi connectivity index (χ0) is 13.2. The Labute approximate surface area is 116 Å². The highest BCUT2D eigenvalue weighted by molar-refractivity contribution is 5.37. The highest BCUT2D eigenvalue weighted by Gasteiger charge is 2.26. The van der Waals surface area contributed by atoms with Crippen LogP contribution in [0.4, 0.5) is 0 Å². The first kappa shape index (κ1) is 13.1. The van der Waals surface area contributed by atoms with E-state index in [1.54, 1.807) is 0 Å². The Morgan fingerprint density at radius 1 is 1.21 bits per heavy atom. The van der Waals surface area contributed by atoms with Gasteiger partial charge in [-0.15, -0.1) is 0 Å².